The van der Waals surface area contributed by atoms with Crippen molar-refractivity contribution in [1.29, 1.82) is 0 Å². The van der Waals surface area contributed by atoms with Crippen LogP contribution in [0.25, 0.3) is 0 Å². The summed E-state index contributed by atoms with van der Waals surface area (Å²) in [4.78, 5) is 24.7. The van der Waals surface area contributed by atoms with Crippen LogP contribution in [0.2, 0.25) is 0 Å². The molecule has 0 radical (unpaired) electrons. The molecule has 1 N–H and O–H groups in total. The topological polar surface area (TPSA) is 54.9 Å². The Kier molecular flexibility index (Phi) is 4.55. The van der Waals surface area contributed by atoms with Crippen molar-refractivity contribution in [1.82, 2.24) is 9.78 Å². The van der Waals surface area contributed by atoms with Gasteiger partial charge < -0.3 is 0 Å². The number of benzene rings is 1. The van der Waals surface area contributed by atoms with E-state index in [0.29, 0.717) is 11.3 Å². The number of thioether (sulfide) groups is 1. The highest BCUT2D eigenvalue weighted by Gasteiger charge is 2.21. The average molecular weight is 355 g/mol. The minimum absolute atomic E-state index is 0.220. The van der Waals surface area contributed by atoms with Crippen molar-refractivity contribution in [2.45, 2.75) is 12.7 Å². The predicted molar refractivity (Wildman–Crippen MR) is 85.6 cm³/mol. The minimum atomic E-state index is -0.287. The third kappa shape index (κ3) is 2.76. The van der Waals surface area contributed by atoms with Crippen LogP contribution in [0.4, 0.5) is 0 Å². The molecule has 0 fully saturated rings. The Morgan fingerprint density at radius 3 is 2.70 bits per heavy atom. The minimum Gasteiger partial charge on any atom is -0.299 e. The van der Waals surface area contributed by atoms with Gasteiger partial charge in [-0.2, -0.15) is 11.8 Å². The molecule has 4 nitrogen and oxygen atoms in total. The fraction of sp³-hybridized carbons (Fsp3) is 0.286. The average Bonchev–Trinajstić information content (AvgIpc) is 2.63. The van der Waals surface area contributed by atoms with Gasteiger partial charge in [0.25, 0.3) is 5.56 Å². The normalized spacial score (nSPS) is 10.8. The highest BCUT2D eigenvalue weighted by atomic mass is 79.9. The molecule has 0 spiro atoms. The maximum atomic E-state index is 12.7. The summed E-state index contributed by atoms with van der Waals surface area (Å²) in [6.07, 6.45) is 1.98. The van der Waals surface area contributed by atoms with Crippen molar-refractivity contribution in [2.24, 2.45) is 7.05 Å². The quantitative estimate of drug-likeness (QED) is 0.858. The zero-order valence-electron chi connectivity index (χ0n) is 11.5. The molecule has 0 aliphatic rings. The number of H-pyrrole nitrogens is 1. The van der Waals surface area contributed by atoms with Crippen LogP contribution in [0.3, 0.4) is 0 Å². The molecular formula is C14H15BrN2O2S. The van der Waals surface area contributed by atoms with E-state index in [1.54, 1.807) is 31.8 Å². The van der Waals surface area contributed by atoms with Crippen molar-refractivity contribution in [3.8, 4) is 0 Å². The number of aromatic amines is 1. The smallest absolute Gasteiger partial charge is 0.277 e. The number of carbonyl (C=O) groups is 1. The van der Waals surface area contributed by atoms with Crippen molar-refractivity contribution >= 4 is 33.5 Å². The van der Waals surface area contributed by atoms with E-state index in [1.165, 1.54) is 4.68 Å². The first-order chi connectivity index (χ1) is 9.45. The Balaban J connectivity index is 2.56. The fourth-order valence-electron chi connectivity index (χ4n) is 2.15. The first-order valence-electron chi connectivity index (χ1n) is 6.03. The van der Waals surface area contributed by atoms with Gasteiger partial charge in [0.15, 0.2) is 0 Å². The number of hydrogen-bond acceptors (Lipinski definition) is 3. The largest absolute Gasteiger partial charge is 0.299 e. The SMILES string of the molecule is CSCc1cc(Br)ccc1C(=O)c1c(C)[nH]n(C)c1=O. The lowest BCUT2D eigenvalue weighted by Crippen LogP contribution is -2.20. The summed E-state index contributed by atoms with van der Waals surface area (Å²) < 4.78 is 2.26. The van der Waals surface area contributed by atoms with Crippen molar-refractivity contribution in [3.05, 3.63) is 55.4 Å². The molecule has 106 valence electrons. The van der Waals surface area contributed by atoms with Crippen LogP contribution >= 0.6 is 27.7 Å². The highest BCUT2D eigenvalue weighted by Crippen LogP contribution is 2.22. The predicted octanol–water partition coefficient (Wildman–Crippen LogP) is 2.88. The molecule has 0 aliphatic heterocycles. The molecule has 0 saturated carbocycles. The van der Waals surface area contributed by atoms with Crippen LogP contribution in [0.5, 0.6) is 0 Å². The first-order valence-corrected chi connectivity index (χ1v) is 8.22. The molecule has 0 amide bonds. The van der Waals surface area contributed by atoms with E-state index in [0.717, 1.165) is 15.8 Å². The van der Waals surface area contributed by atoms with E-state index < -0.39 is 0 Å². The number of carbonyl (C=O) groups excluding carboxylic acids is 1. The Morgan fingerprint density at radius 2 is 2.15 bits per heavy atom. The maximum Gasteiger partial charge on any atom is 0.277 e. The van der Waals surface area contributed by atoms with E-state index >= 15 is 0 Å². The van der Waals surface area contributed by atoms with Crippen LogP contribution in [-0.2, 0) is 12.8 Å². The zero-order valence-corrected chi connectivity index (χ0v) is 13.9. The maximum absolute atomic E-state index is 12.7. The van der Waals surface area contributed by atoms with Gasteiger partial charge in [-0.15, -0.1) is 0 Å². The van der Waals surface area contributed by atoms with Gasteiger partial charge in [-0.05, 0) is 36.9 Å². The Hall–Kier alpha value is -1.27. The summed E-state index contributed by atoms with van der Waals surface area (Å²) >= 11 is 5.05. The molecule has 0 aliphatic carbocycles. The van der Waals surface area contributed by atoms with Gasteiger partial charge in [0, 0.05) is 28.5 Å². The van der Waals surface area contributed by atoms with Crippen molar-refractivity contribution in [2.75, 3.05) is 6.26 Å². The lowest BCUT2D eigenvalue weighted by molar-refractivity contribution is 0.103. The van der Waals surface area contributed by atoms with E-state index in [4.69, 9.17) is 0 Å². The summed E-state index contributed by atoms with van der Waals surface area (Å²) in [5.41, 5.74) is 2.05. The van der Waals surface area contributed by atoms with E-state index in [-0.39, 0.29) is 16.9 Å². The zero-order chi connectivity index (χ0) is 14.9. The number of rotatable bonds is 4. The monoisotopic (exact) mass is 354 g/mol. The van der Waals surface area contributed by atoms with Gasteiger partial charge in [0.05, 0.1) is 0 Å². The van der Waals surface area contributed by atoms with Crippen LogP contribution in [0.1, 0.15) is 27.2 Å². The summed E-state index contributed by atoms with van der Waals surface area (Å²) in [5.74, 6) is 0.505. The molecule has 0 atom stereocenters. The number of aryl methyl sites for hydroxylation is 2. The van der Waals surface area contributed by atoms with Crippen molar-refractivity contribution in [3.63, 3.8) is 0 Å². The van der Waals surface area contributed by atoms with E-state index in [1.807, 2.05) is 18.4 Å². The number of hydrogen-bond donors (Lipinski definition) is 1. The molecule has 1 aromatic carbocycles. The highest BCUT2D eigenvalue weighted by molar-refractivity contribution is 9.10. The molecule has 20 heavy (non-hydrogen) atoms. The summed E-state index contributed by atoms with van der Waals surface area (Å²) in [7, 11) is 1.61. The lowest BCUT2D eigenvalue weighted by Gasteiger charge is -2.07. The van der Waals surface area contributed by atoms with Gasteiger partial charge in [-0.3, -0.25) is 19.4 Å². The molecule has 2 aromatic rings. The van der Waals surface area contributed by atoms with Gasteiger partial charge in [-0.1, -0.05) is 15.9 Å². The number of nitrogens with zero attached hydrogens (tertiary/aromatic N) is 1. The van der Waals surface area contributed by atoms with Crippen LogP contribution < -0.4 is 5.56 Å². The second-order valence-electron chi connectivity index (χ2n) is 4.54. The van der Waals surface area contributed by atoms with Crippen LogP contribution in [0.15, 0.2) is 27.5 Å². The molecule has 0 unspecified atom stereocenters. The first kappa shape index (κ1) is 15.1. The molecule has 0 saturated heterocycles. The molecule has 2 rings (SSSR count). The Morgan fingerprint density at radius 1 is 1.45 bits per heavy atom. The van der Waals surface area contributed by atoms with Gasteiger partial charge in [0.2, 0.25) is 5.78 Å². The third-order valence-corrected chi connectivity index (χ3v) is 4.16. The summed E-state index contributed by atoms with van der Waals surface area (Å²) in [6.45, 7) is 1.74. The number of aromatic nitrogens is 2. The summed E-state index contributed by atoms with van der Waals surface area (Å²) in [5, 5.41) is 2.86. The fourth-order valence-corrected chi connectivity index (χ4v) is 3.11. The molecule has 6 heteroatoms. The molecule has 0 bridgehead atoms. The van der Waals surface area contributed by atoms with E-state index in [9.17, 15) is 9.59 Å². The van der Waals surface area contributed by atoms with Gasteiger partial charge in [-0.25, -0.2) is 0 Å². The third-order valence-electron chi connectivity index (χ3n) is 3.07. The molecule has 1 aromatic heterocycles. The second kappa shape index (κ2) is 6.01. The Labute approximate surface area is 129 Å². The Bertz CT molecular complexity index is 718. The van der Waals surface area contributed by atoms with E-state index in [2.05, 4.69) is 21.0 Å². The van der Waals surface area contributed by atoms with Crippen LogP contribution in [0, 0.1) is 6.92 Å². The van der Waals surface area contributed by atoms with Crippen LogP contribution in [-0.4, -0.2) is 21.8 Å². The van der Waals surface area contributed by atoms with Gasteiger partial charge in [0.1, 0.15) is 5.56 Å². The summed E-state index contributed by atoms with van der Waals surface area (Å²) in [6, 6.07) is 5.52. The lowest BCUT2D eigenvalue weighted by atomic mass is 9.99. The molecular weight excluding hydrogens is 340 g/mol. The number of ketones is 1. The number of nitrogens with one attached hydrogen (secondary N) is 1. The van der Waals surface area contributed by atoms with Gasteiger partial charge >= 0.3 is 0 Å². The second-order valence-corrected chi connectivity index (χ2v) is 6.32. The molecule has 1 heterocycles. The number of halogens is 1. The standard InChI is InChI=1S/C14H15BrN2O2S/c1-8-12(14(19)17(2)16-8)13(18)11-5-4-10(15)6-9(11)7-20-3/h4-6,16H,7H2,1-3H3. The van der Waals surface area contributed by atoms with Crippen molar-refractivity contribution < 1.29 is 4.79 Å².